The summed E-state index contributed by atoms with van der Waals surface area (Å²) in [5, 5.41) is 0. The second-order valence-electron chi connectivity index (χ2n) is 4.77. The standard InChI is InChI=1S/C12H22O2/c1-3-9-14-11(13)10-12(2)7-5-4-6-8-12/h3-10H2,1-2H3. The van der Waals surface area contributed by atoms with Crippen molar-refractivity contribution in [3.63, 3.8) is 0 Å². The molecule has 0 aromatic heterocycles. The third-order valence-electron chi connectivity index (χ3n) is 3.10. The Balaban J connectivity index is 2.29. The van der Waals surface area contributed by atoms with E-state index < -0.39 is 0 Å². The summed E-state index contributed by atoms with van der Waals surface area (Å²) in [6.45, 7) is 4.82. The molecule has 2 heteroatoms. The summed E-state index contributed by atoms with van der Waals surface area (Å²) in [6, 6.07) is 0. The van der Waals surface area contributed by atoms with Crippen molar-refractivity contribution in [3.8, 4) is 0 Å². The van der Waals surface area contributed by atoms with Crippen LogP contribution in [0, 0.1) is 5.41 Å². The summed E-state index contributed by atoms with van der Waals surface area (Å²) in [5.41, 5.74) is 0.225. The highest BCUT2D eigenvalue weighted by molar-refractivity contribution is 5.70. The third-order valence-corrected chi connectivity index (χ3v) is 3.10. The van der Waals surface area contributed by atoms with Crippen LogP contribution in [0.3, 0.4) is 0 Å². The van der Waals surface area contributed by atoms with E-state index in [4.69, 9.17) is 4.74 Å². The Kier molecular flexibility index (Phi) is 4.43. The summed E-state index contributed by atoms with van der Waals surface area (Å²) < 4.78 is 5.12. The van der Waals surface area contributed by atoms with Crippen LogP contribution in [-0.2, 0) is 9.53 Å². The Morgan fingerprint density at radius 2 is 1.93 bits per heavy atom. The molecule has 0 unspecified atom stereocenters. The second-order valence-corrected chi connectivity index (χ2v) is 4.77. The van der Waals surface area contributed by atoms with E-state index in [9.17, 15) is 4.79 Å². The summed E-state index contributed by atoms with van der Waals surface area (Å²) in [6.07, 6.45) is 7.80. The van der Waals surface area contributed by atoms with Crippen molar-refractivity contribution in [2.45, 2.75) is 58.8 Å². The Labute approximate surface area is 87.0 Å². The number of esters is 1. The topological polar surface area (TPSA) is 26.3 Å². The fourth-order valence-electron chi connectivity index (χ4n) is 2.20. The van der Waals surface area contributed by atoms with Crippen molar-refractivity contribution in [3.05, 3.63) is 0 Å². The molecular formula is C12H22O2. The van der Waals surface area contributed by atoms with Gasteiger partial charge >= 0.3 is 5.97 Å². The monoisotopic (exact) mass is 198 g/mol. The smallest absolute Gasteiger partial charge is 0.306 e. The number of carbonyl (C=O) groups is 1. The van der Waals surface area contributed by atoms with Gasteiger partial charge in [-0.25, -0.2) is 0 Å². The normalized spacial score (nSPS) is 20.4. The number of carbonyl (C=O) groups excluding carboxylic acids is 1. The van der Waals surface area contributed by atoms with Gasteiger partial charge in [0, 0.05) is 0 Å². The number of hydrogen-bond donors (Lipinski definition) is 0. The molecule has 0 aromatic rings. The van der Waals surface area contributed by atoms with Crippen molar-refractivity contribution < 1.29 is 9.53 Å². The molecule has 0 amide bonds. The first-order chi connectivity index (χ1) is 6.66. The van der Waals surface area contributed by atoms with Crippen LogP contribution >= 0.6 is 0 Å². The number of hydrogen-bond acceptors (Lipinski definition) is 2. The predicted molar refractivity (Wildman–Crippen MR) is 57.1 cm³/mol. The van der Waals surface area contributed by atoms with E-state index in [1.165, 1.54) is 32.1 Å². The third kappa shape index (κ3) is 3.69. The average Bonchev–Trinajstić information content (AvgIpc) is 2.15. The quantitative estimate of drug-likeness (QED) is 0.648. The lowest BCUT2D eigenvalue weighted by atomic mass is 9.73. The molecule has 0 radical (unpaired) electrons. The van der Waals surface area contributed by atoms with E-state index in [-0.39, 0.29) is 11.4 Å². The summed E-state index contributed by atoms with van der Waals surface area (Å²) in [4.78, 5) is 11.5. The SMILES string of the molecule is CCCOC(=O)CC1(C)CCCCC1. The van der Waals surface area contributed by atoms with Gasteiger partial charge in [0.2, 0.25) is 0 Å². The van der Waals surface area contributed by atoms with Crippen LogP contribution in [-0.4, -0.2) is 12.6 Å². The van der Waals surface area contributed by atoms with Crippen LogP contribution in [0.15, 0.2) is 0 Å². The maximum atomic E-state index is 11.5. The van der Waals surface area contributed by atoms with E-state index in [0.717, 1.165) is 6.42 Å². The van der Waals surface area contributed by atoms with Crippen LogP contribution in [0.1, 0.15) is 58.8 Å². The Hall–Kier alpha value is -0.530. The van der Waals surface area contributed by atoms with Gasteiger partial charge in [0.15, 0.2) is 0 Å². The first-order valence-corrected chi connectivity index (χ1v) is 5.82. The molecule has 1 fully saturated rings. The van der Waals surface area contributed by atoms with Gasteiger partial charge in [0.25, 0.3) is 0 Å². The minimum atomic E-state index is -0.00347. The molecular weight excluding hydrogens is 176 g/mol. The lowest BCUT2D eigenvalue weighted by Gasteiger charge is -2.32. The molecule has 2 nitrogen and oxygen atoms in total. The first kappa shape index (κ1) is 11.5. The maximum Gasteiger partial charge on any atom is 0.306 e. The molecule has 0 aromatic carbocycles. The molecule has 0 saturated heterocycles. The van der Waals surface area contributed by atoms with Gasteiger partial charge in [0.05, 0.1) is 13.0 Å². The molecule has 82 valence electrons. The molecule has 0 N–H and O–H groups in total. The van der Waals surface area contributed by atoms with Gasteiger partial charge in [-0.3, -0.25) is 4.79 Å². The van der Waals surface area contributed by atoms with Crippen LogP contribution < -0.4 is 0 Å². The molecule has 1 rings (SSSR count). The molecule has 14 heavy (non-hydrogen) atoms. The van der Waals surface area contributed by atoms with Gasteiger partial charge in [-0.1, -0.05) is 33.1 Å². The van der Waals surface area contributed by atoms with Crippen LogP contribution in [0.5, 0.6) is 0 Å². The zero-order valence-electron chi connectivity index (χ0n) is 9.47. The molecule has 1 saturated carbocycles. The Morgan fingerprint density at radius 3 is 2.50 bits per heavy atom. The predicted octanol–water partition coefficient (Wildman–Crippen LogP) is 3.30. The minimum absolute atomic E-state index is 0.00347. The van der Waals surface area contributed by atoms with E-state index in [2.05, 4.69) is 6.92 Å². The van der Waals surface area contributed by atoms with Crippen LogP contribution in [0.25, 0.3) is 0 Å². The van der Waals surface area contributed by atoms with Crippen molar-refractivity contribution in [2.24, 2.45) is 5.41 Å². The van der Waals surface area contributed by atoms with Gasteiger partial charge in [-0.05, 0) is 24.7 Å². The molecule has 0 aliphatic heterocycles. The number of rotatable bonds is 4. The Morgan fingerprint density at radius 1 is 1.29 bits per heavy atom. The van der Waals surface area contributed by atoms with E-state index in [0.29, 0.717) is 13.0 Å². The Bertz CT molecular complexity index is 181. The molecule has 1 aliphatic rings. The highest BCUT2D eigenvalue weighted by Gasteiger charge is 2.29. The minimum Gasteiger partial charge on any atom is -0.466 e. The van der Waals surface area contributed by atoms with Crippen molar-refractivity contribution in [1.82, 2.24) is 0 Å². The van der Waals surface area contributed by atoms with Crippen molar-refractivity contribution in [2.75, 3.05) is 6.61 Å². The molecule has 0 atom stereocenters. The second kappa shape index (κ2) is 5.38. The summed E-state index contributed by atoms with van der Waals surface area (Å²) in [5.74, 6) is -0.00347. The van der Waals surface area contributed by atoms with Gasteiger partial charge in [-0.2, -0.15) is 0 Å². The highest BCUT2D eigenvalue weighted by atomic mass is 16.5. The zero-order chi connectivity index (χ0) is 10.4. The van der Waals surface area contributed by atoms with Crippen LogP contribution in [0.4, 0.5) is 0 Å². The molecule has 0 heterocycles. The van der Waals surface area contributed by atoms with Gasteiger partial charge in [0.1, 0.15) is 0 Å². The highest BCUT2D eigenvalue weighted by Crippen LogP contribution is 2.38. The van der Waals surface area contributed by atoms with Gasteiger partial charge < -0.3 is 4.74 Å². The maximum absolute atomic E-state index is 11.5. The molecule has 0 spiro atoms. The molecule has 0 bridgehead atoms. The lowest BCUT2D eigenvalue weighted by molar-refractivity contribution is -0.146. The lowest BCUT2D eigenvalue weighted by Crippen LogP contribution is -2.25. The van der Waals surface area contributed by atoms with E-state index >= 15 is 0 Å². The van der Waals surface area contributed by atoms with E-state index in [1.54, 1.807) is 0 Å². The fourth-order valence-corrected chi connectivity index (χ4v) is 2.20. The fraction of sp³-hybridized carbons (Fsp3) is 0.917. The first-order valence-electron chi connectivity index (χ1n) is 5.82. The van der Waals surface area contributed by atoms with E-state index in [1.807, 2.05) is 6.92 Å². The number of ether oxygens (including phenoxy) is 1. The summed E-state index contributed by atoms with van der Waals surface area (Å²) in [7, 11) is 0. The largest absolute Gasteiger partial charge is 0.466 e. The zero-order valence-corrected chi connectivity index (χ0v) is 9.47. The van der Waals surface area contributed by atoms with Crippen molar-refractivity contribution >= 4 is 5.97 Å². The molecule has 1 aliphatic carbocycles. The van der Waals surface area contributed by atoms with Crippen molar-refractivity contribution in [1.29, 1.82) is 0 Å². The van der Waals surface area contributed by atoms with Crippen LogP contribution in [0.2, 0.25) is 0 Å². The van der Waals surface area contributed by atoms with Gasteiger partial charge in [-0.15, -0.1) is 0 Å². The average molecular weight is 198 g/mol. The summed E-state index contributed by atoms with van der Waals surface area (Å²) >= 11 is 0.